The maximum Gasteiger partial charge on any atom is 0.128 e. The zero-order valence-corrected chi connectivity index (χ0v) is 15.8. The fourth-order valence-electron chi connectivity index (χ4n) is 3.36. The zero-order valence-electron chi connectivity index (χ0n) is 15.8. The monoisotopic (exact) mass is 368 g/mol. The Hall–Kier alpha value is -3.66. The van der Waals surface area contributed by atoms with E-state index in [9.17, 15) is 0 Å². The molecule has 0 unspecified atom stereocenters. The second-order valence-corrected chi connectivity index (χ2v) is 6.29. The highest BCUT2D eigenvalue weighted by Crippen LogP contribution is 2.27. The zero-order chi connectivity index (χ0) is 19.3. The summed E-state index contributed by atoms with van der Waals surface area (Å²) >= 11 is 0. The van der Waals surface area contributed by atoms with Crippen molar-refractivity contribution in [3.05, 3.63) is 83.9 Å². The van der Waals surface area contributed by atoms with Crippen molar-refractivity contribution < 1.29 is 9.47 Å². The van der Waals surface area contributed by atoms with Gasteiger partial charge in [-0.2, -0.15) is 10.2 Å². The summed E-state index contributed by atoms with van der Waals surface area (Å²) in [4.78, 5) is 0. The van der Waals surface area contributed by atoms with Crippen molar-refractivity contribution in [3.8, 4) is 11.5 Å². The van der Waals surface area contributed by atoms with Gasteiger partial charge in [0.15, 0.2) is 0 Å². The third-order valence-corrected chi connectivity index (χ3v) is 4.74. The third-order valence-electron chi connectivity index (χ3n) is 4.74. The number of hydrogen-bond acceptors (Lipinski definition) is 4. The first kappa shape index (κ1) is 17.7. The number of rotatable bonds is 5. The van der Waals surface area contributed by atoms with Gasteiger partial charge >= 0.3 is 0 Å². The molecule has 0 aliphatic rings. The van der Waals surface area contributed by atoms with Crippen LogP contribution in [0.2, 0.25) is 0 Å². The van der Waals surface area contributed by atoms with E-state index >= 15 is 0 Å². The molecule has 0 bridgehead atoms. The molecular weight excluding hydrogens is 348 g/mol. The Kier molecular flexibility index (Phi) is 5.02. The molecule has 4 heteroatoms. The molecule has 4 aromatic rings. The summed E-state index contributed by atoms with van der Waals surface area (Å²) in [5, 5.41) is 13.0. The highest BCUT2D eigenvalue weighted by Gasteiger charge is 2.07. The molecule has 0 atom stereocenters. The summed E-state index contributed by atoms with van der Waals surface area (Å²) in [6, 6.07) is 24.2. The first-order valence-electron chi connectivity index (χ1n) is 8.99. The lowest BCUT2D eigenvalue weighted by atomic mass is 10.0. The highest BCUT2D eigenvalue weighted by molar-refractivity contribution is 6.04. The van der Waals surface area contributed by atoms with Crippen molar-refractivity contribution in [2.45, 2.75) is 0 Å². The predicted molar refractivity (Wildman–Crippen MR) is 116 cm³/mol. The molecule has 4 aromatic carbocycles. The molecule has 0 aromatic heterocycles. The minimum atomic E-state index is 0.764. The van der Waals surface area contributed by atoms with E-state index in [4.69, 9.17) is 9.47 Å². The SMILES string of the molecule is COc1ccc2ccccc2c1/C=N/N=C/c1c(OC)ccc2ccccc12. The van der Waals surface area contributed by atoms with Gasteiger partial charge in [-0.05, 0) is 33.7 Å². The molecule has 0 saturated carbocycles. The Morgan fingerprint density at radius 1 is 0.571 bits per heavy atom. The summed E-state index contributed by atoms with van der Waals surface area (Å²) in [5.41, 5.74) is 1.81. The van der Waals surface area contributed by atoms with E-state index in [0.717, 1.165) is 44.2 Å². The number of methoxy groups -OCH3 is 2. The van der Waals surface area contributed by atoms with E-state index in [1.165, 1.54) is 0 Å². The fourth-order valence-corrected chi connectivity index (χ4v) is 3.36. The lowest BCUT2D eigenvalue weighted by molar-refractivity contribution is 0.414. The molecule has 0 fully saturated rings. The molecule has 28 heavy (non-hydrogen) atoms. The lowest BCUT2D eigenvalue weighted by Crippen LogP contribution is -1.93. The summed E-state index contributed by atoms with van der Waals surface area (Å²) in [6.07, 6.45) is 3.46. The van der Waals surface area contributed by atoms with Crippen LogP contribution in [0.15, 0.2) is 83.0 Å². The Morgan fingerprint density at radius 3 is 1.43 bits per heavy atom. The number of fused-ring (bicyclic) bond motifs is 2. The molecule has 4 nitrogen and oxygen atoms in total. The number of hydrogen-bond donors (Lipinski definition) is 0. The van der Waals surface area contributed by atoms with Crippen molar-refractivity contribution in [1.82, 2.24) is 0 Å². The van der Waals surface area contributed by atoms with E-state index in [-0.39, 0.29) is 0 Å². The smallest absolute Gasteiger partial charge is 0.128 e. The maximum absolute atomic E-state index is 5.50. The van der Waals surface area contributed by atoms with Gasteiger partial charge in [-0.15, -0.1) is 0 Å². The van der Waals surface area contributed by atoms with E-state index in [0.29, 0.717) is 0 Å². The van der Waals surface area contributed by atoms with Gasteiger partial charge in [0.05, 0.1) is 26.6 Å². The van der Waals surface area contributed by atoms with Crippen LogP contribution in [0.3, 0.4) is 0 Å². The normalized spacial score (nSPS) is 11.6. The molecule has 0 spiro atoms. The van der Waals surface area contributed by atoms with Crippen molar-refractivity contribution >= 4 is 34.0 Å². The molecule has 0 N–H and O–H groups in total. The van der Waals surface area contributed by atoms with Crippen LogP contribution in [-0.4, -0.2) is 26.6 Å². The number of benzene rings is 4. The molecule has 138 valence electrons. The molecule has 0 saturated heterocycles. The van der Waals surface area contributed by atoms with Gasteiger partial charge in [0, 0.05) is 11.1 Å². The lowest BCUT2D eigenvalue weighted by Gasteiger charge is -2.08. The van der Waals surface area contributed by atoms with Gasteiger partial charge < -0.3 is 9.47 Å². The first-order chi connectivity index (χ1) is 13.8. The van der Waals surface area contributed by atoms with Crippen LogP contribution in [0, 0.1) is 0 Å². The van der Waals surface area contributed by atoms with Gasteiger partial charge in [-0.25, -0.2) is 0 Å². The van der Waals surface area contributed by atoms with E-state index in [2.05, 4.69) is 34.5 Å². The Labute approximate surface area is 163 Å². The topological polar surface area (TPSA) is 43.2 Å². The third kappa shape index (κ3) is 3.32. The summed E-state index contributed by atoms with van der Waals surface area (Å²) < 4.78 is 11.0. The second kappa shape index (κ2) is 7.92. The van der Waals surface area contributed by atoms with E-state index in [1.54, 1.807) is 26.6 Å². The van der Waals surface area contributed by atoms with Crippen LogP contribution in [-0.2, 0) is 0 Å². The second-order valence-electron chi connectivity index (χ2n) is 6.29. The van der Waals surface area contributed by atoms with Gasteiger partial charge in [0.1, 0.15) is 11.5 Å². The largest absolute Gasteiger partial charge is 0.496 e. The summed E-state index contributed by atoms with van der Waals surface area (Å²) in [5.74, 6) is 1.53. The molecule has 0 aliphatic carbocycles. The number of ether oxygens (including phenoxy) is 2. The van der Waals surface area contributed by atoms with Crippen LogP contribution in [0.4, 0.5) is 0 Å². The van der Waals surface area contributed by atoms with Crippen LogP contribution in [0.5, 0.6) is 11.5 Å². The average Bonchev–Trinajstić information content (AvgIpc) is 2.76. The van der Waals surface area contributed by atoms with Crippen LogP contribution < -0.4 is 9.47 Å². The van der Waals surface area contributed by atoms with Crippen LogP contribution in [0.1, 0.15) is 11.1 Å². The quantitative estimate of drug-likeness (QED) is 0.347. The van der Waals surface area contributed by atoms with Gasteiger partial charge in [-0.1, -0.05) is 60.7 Å². The van der Waals surface area contributed by atoms with Gasteiger partial charge in [0.2, 0.25) is 0 Å². The van der Waals surface area contributed by atoms with E-state index in [1.807, 2.05) is 48.5 Å². The van der Waals surface area contributed by atoms with Crippen molar-refractivity contribution in [2.24, 2.45) is 10.2 Å². The summed E-state index contributed by atoms with van der Waals surface area (Å²) in [6.45, 7) is 0. The molecular formula is C24H20N2O2. The fraction of sp³-hybridized carbons (Fsp3) is 0.0833. The number of nitrogens with zero attached hydrogens (tertiary/aromatic N) is 2. The first-order valence-corrected chi connectivity index (χ1v) is 8.99. The molecule has 4 rings (SSSR count). The Balaban J connectivity index is 1.73. The Morgan fingerprint density at radius 2 is 1.00 bits per heavy atom. The molecule has 0 radical (unpaired) electrons. The maximum atomic E-state index is 5.50. The average molecular weight is 368 g/mol. The van der Waals surface area contributed by atoms with Crippen LogP contribution >= 0.6 is 0 Å². The van der Waals surface area contributed by atoms with Crippen molar-refractivity contribution in [3.63, 3.8) is 0 Å². The Bertz CT molecular complexity index is 1100. The molecule has 0 aliphatic heterocycles. The molecule has 0 heterocycles. The van der Waals surface area contributed by atoms with E-state index < -0.39 is 0 Å². The van der Waals surface area contributed by atoms with Crippen LogP contribution in [0.25, 0.3) is 21.5 Å². The van der Waals surface area contributed by atoms with Crippen molar-refractivity contribution in [1.29, 1.82) is 0 Å². The minimum Gasteiger partial charge on any atom is -0.496 e. The predicted octanol–water partition coefficient (Wildman–Crippen LogP) is 5.46. The summed E-state index contributed by atoms with van der Waals surface area (Å²) in [7, 11) is 3.32. The van der Waals surface area contributed by atoms with Gasteiger partial charge in [0.25, 0.3) is 0 Å². The van der Waals surface area contributed by atoms with Gasteiger partial charge in [-0.3, -0.25) is 0 Å². The van der Waals surface area contributed by atoms with Crippen molar-refractivity contribution in [2.75, 3.05) is 14.2 Å². The molecule has 0 amide bonds. The minimum absolute atomic E-state index is 0.764. The highest BCUT2D eigenvalue weighted by atomic mass is 16.5. The standard InChI is InChI=1S/C24H20N2O2/c1-27-23-13-11-17-7-3-5-9-19(17)21(23)15-25-26-16-22-20-10-6-4-8-18(20)12-14-24(22)28-2/h3-16H,1-2H3/b25-15+,26-16+.